The van der Waals surface area contributed by atoms with E-state index in [-0.39, 0.29) is 40.4 Å². The molecule has 0 radical (unpaired) electrons. The monoisotopic (exact) mass is 526 g/mol. The van der Waals surface area contributed by atoms with Crippen LogP contribution in [0.25, 0.3) is 16.6 Å². The van der Waals surface area contributed by atoms with E-state index in [0.29, 0.717) is 11.1 Å². The fraction of sp³-hybridized carbons (Fsp3) is 0.333. The van der Waals surface area contributed by atoms with Crippen molar-refractivity contribution in [3.63, 3.8) is 0 Å². The van der Waals surface area contributed by atoms with Crippen molar-refractivity contribution in [1.82, 2.24) is 24.7 Å². The number of imidazole rings is 1. The average molecular weight is 527 g/mol. The van der Waals surface area contributed by atoms with Crippen LogP contribution in [0.5, 0.6) is 0 Å². The highest BCUT2D eigenvalue weighted by atomic mass is 32.2. The number of hydrogen-bond acceptors (Lipinski definition) is 8. The van der Waals surface area contributed by atoms with E-state index in [1.165, 1.54) is 16.7 Å². The molecule has 3 N–H and O–H groups in total. The Morgan fingerprint density at radius 2 is 1.89 bits per heavy atom. The molecule has 4 aromatic rings. The number of halogens is 1. The van der Waals surface area contributed by atoms with E-state index in [1.807, 2.05) is 6.07 Å². The number of anilines is 3. The Morgan fingerprint density at radius 1 is 1.16 bits per heavy atom. The van der Waals surface area contributed by atoms with Crippen molar-refractivity contribution in [2.24, 2.45) is 0 Å². The molecule has 1 aromatic carbocycles. The number of amides is 1. The van der Waals surface area contributed by atoms with Crippen LogP contribution in [0.2, 0.25) is 0 Å². The van der Waals surface area contributed by atoms with E-state index in [0.717, 1.165) is 25.0 Å². The molecule has 2 atom stereocenters. The maximum Gasteiger partial charge on any atom is 0.257 e. The Labute approximate surface area is 213 Å². The molecule has 37 heavy (non-hydrogen) atoms. The largest absolute Gasteiger partial charge is 0.368 e. The number of carbonyl (C=O) groups excluding carboxylic acids is 1. The van der Waals surface area contributed by atoms with Crippen molar-refractivity contribution in [2.75, 3.05) is 34.3 Å². The summed E-state index contributed by atoms with van der Waals surface area (Å²) in [4.78, 5) is 28.3. The first-order chi connectivity index (χ1) is 17.5. The molecule has 0 saturated carbocycles. The molecule has 11 nitrogen and oxygen atoms in total. The van der Waals surface area contributed by atoms with Crippen LogP contribution in [-0.4, -0.2) is 65.1 Å². The maximum absolute atomic E-state index is 14.6. The van der Waals surface area contributed by atoms with Gasteiger partial charge in [-0.2, -0.15) is 0 Å². The molecule has 194 valence electrons. The SMILES string of the molecule is Cc1cn2cc(NC(=O)c3ccc(N4C[C@@H](C)N[C@@H](C)C4)c4cnc(NS(C)(=O)=O)nc34)cc(F)c2n1. The van der Waals surface area contributed by atoms with E-state index >= 15 is 0 Å². The maximum atomic E-state index is 14.6. The summed E-state index contributed by atoms with van der Waals surface area (Å²) < 4.78 is 41.9. The Morgan fingerprint density at radius 3 is 2.59 bits per heavy atom. The van der Waals surface area contributed by atoms with Gasteiger partial charge in [-0.25, -0.2) is 27.8 Å². The molecule has 0 bridgehead atoms. The van der Waals surface area contributed by atoms with Crippen LogP contribution >= 0.6 is 0 Å². The zero-order valence-corrected chi connectivity index (χ0v) is 21.6. The van der Waals surface area contributed by atoms with Gasteiger partial charge in [0.25, 0.3) is 5.91 Å². The summed E-state index contributed by atoms with van der Waals surface area (Å²) in [7, 11) is -3.64. The lowest BCUT2D eigenvalue weighted by molar-refractivity contribution is 0.102. The second kappa shape index (κ2) is 9.23. The second-order valence-corrected chi connectivity index (χ2v) is 11.2. The first-order valence-electron chi connectivity index (χ1n) is 11.7. The number of carbonyl (C=O) groups is 1. The minimum atomic E-state index is -3.64. The number of benzene rings is 1. The van der Waals surface area contributed by atoms with Crippen LogP contribution in [0, 0.1) is 12.7 Å². The molecule has 0 spiro atoms. The molecule has 5 rings (SSSR count). The van der Waals surface area contributed by atoms with Gasteiger partial charge in [-0.05, 0) is 32.9 Å². The highest BCUT2D eigenvalue weighted by molar-refractivity contribution is 7.91. The molecule has 4 heterocycles. The fourth-order valence-electron chi connectivity index (χ4n) is 4.75. The smallest absolute Gasteiger partial charge is 0.257 e. The number of fused-ring (bicyclic) bond motifs is 2. The van der Waals surface area contributed by atoms with Crippen LogP contribution in [0.1, 0.15) is 29.9 Å². The van der Waals surface area contributed by atoms with Crippen LogP contribution in [0.3, 0.4) is 0 Å². The standard InChI is InChI=1S/C24H27FN8O3S/c1-13-9-32(10-14(2)27-13)20-6-5-17(21-18(20)8-26-24(30-21)31-37(4,35)36)23(34)29-16-7-19(25)22-28-15(3)11-33(22)12-16/h5-8,11-14,27H,9-10H2,1-4H3,(H,29,34)(H,26,30,31)/t13-,14+. The summed E-state index contributed by atoms with van der Waals surface area (Å²) in [5.41, 5.74) is 2.33. The number of aromatic nitrogens is 4. The third-order valence-electron chi connectivity index (χ3n) is 6.03. The number of aryl methyl sites for hydroxylation is 1. The molecule has 1 fully saturated rings. The second-order valence-electron chi connectivity index (χ2n) is 9.48. The summed E-state index contributed by atoms with van der Waals surface area (Å²) in [6, 6.07) is 5.15. The van der Waals surface area contributed by atoms with E-state index in [9.17, 15) is 17.6 Å². The molecule has 1 saturated heterocycles. The lowest BCUT2D eigenvalue weighted by atomic mass is 10.0. The number of rotatable bonds is 5. The lowest BCUT2D eigenvalue weighted by Crippen LogP contribution is -2.54. The third-order valence-corrected chi connectivity index (χ3v) is 6.59. The van der Waals surface area contributed by atoms with Gasteiger partial charge in [0.1, 0.15) is 0 Å². The zero-order chi connectivity index (χ0) is 26.5. The van der Waals surface area contributed by atoms with E-state index < -0.39 is 21.7 Å². The fourth-order valence-corrected chi connectivity index (χ4v) is 5.18. The summed E-state index contributed by atoms with van der Waals surface area (Å²) >= 11 is 0. The number of nitrogens with zero attached hydrogens (tertiary/aromatic N) is 5. The minimum Gasteiger partial charge on any atom is -0.368 e. The normalized spacial score (nSPS) is 18.4. The number of pyridine rings is 1. The summed E-state index contributed by atoms with van der Waals surface area (Å²) in [5, 5.41) is 6.81. The van der Waals surface area contributed by atoms with Gasteiger partial charge >= 0.3 is 0 Å². The molecule has 1 aliphatic rings. The van der Waals surface area contributed by atoms with Gasteiger partial charge in [-0.15, -0.1) is 0 Å². The molecule has 13 heteroatoms. The number of hydrogen-bond donors (Lipinski definition) is 3. The predicted octanol–water partition coefficient (Wildman–Crippen LogP) is 2.54. The van der Waals surface area contributed by atoms with Gasteiger partial charge in [-0.1, -0.05) is 0 Å². The van der Waals surface area contributed by atoms with Gasteiger partial charge in [-0.3, -0.25) is 9.52 Å². The topological polar surface area (TPSA) is 134 Å². The number of piperazine rings is 1. The first kappa shape index (κ1) is 24.8. The van der Waals surface area contributed by atoms with Crippen LogP contribution < -0.4 is 20.3 Å². The van der Waals surface area contributed by atoms with Crippen molar-refractivity contribution in [3.8, 4) is 0 Å². The third kappa shape index (κ3) is 5.18. The van der Waals surface area contributed by atoms with Gasteiger partial charge in [0.05, 0.1) is 28.7 Å². The summed E-state index contributed by atoms with van der Waals surface area (Å²) in [6.45, 7) is 7.40. The van der Waals surface area contributed by atoms with Crippen LogP contribution in [0.15, 0.2) is 36.8 Å². The predicted molar refractivity (Wildman–Crippen MR) is 140 cm³/mol. The quantitative estimate of drug-likeness (QED) is 0.361. The van der Waals surface area contributed by atoms with Crippen LogP contribution in [0.4, 0.5) is 21.7 Å². The zero-order valence-electron chi connectivity index (χ0n) is 20.8. The van der Waals surface area contributed by atoms with Crippen LogP contribution in [-0.2, 0) is 10.0 Å². The van der Waals surface area contributed by atoms with E-state index in [2.05, 4.69) is 49.1 Å². The van der Waals surface area contributed by atoms with Crippen molar-refractivity contribution in [3.05, 3.63) is 53.9 Å². The van der Waals surface area contributed by atoms with Crippen molar-refractivity contribution < 1.29 is 17.6 Å². The minimum absolute atomic E-state index is 0.149. The molecule has 0 unspecified atom stereocenters. The Balaban J connectivity index is 1.58. The van der Waals surface area contributed by atoms with Crippen molar-refractivity contribution in [2.45, 2.75) is 32.9 Å². The number of sulfonamides is 1. The van der Waals surface area contributed by atoms with E-state index in [4.69, 9.17) is 0 Å². The Hall–Kier alpha value is -3.84. The van der Waals surface area contributed by atoms with Gasteiger partial charge in [0.15, 0.2) is 11.5 Å². The van der Waals surface area contributed by atoms with Crippen molar-refractivity contribution in [1.29, 1.82) is 0 Å². The first-order valence-corrected chi connectivity index (χ1v) is 13.6. The van der Waals surface area contributed by atoms with Gasteiger partial charge in [0, 0.05) is 60.9 Å². The Kier molecular flexibility index (Phi) is 6.20. The highest BCUT2D eigenvalue weighted by Gasteiger charge is 2.25. The van der Waals surface area contributed by atoms with Gasteiger partial charge < -0.3 is 19.9 Å². The number of nitrogens with one attached hydrogen (secondary N) is 3. The molecule has 0 aliphatic carbocycles. The molecular formula is C24H27FN8O3S. The van der Waals surface area contributed by atoms with Gasteiger partial charge in [0.2, 0.25) is 16.0 Å². The molecule has 1 amide bonds. The highest BCUT2D eigenvalue weighted by Crippen LogP contribution is 2.31. The Bertz CT molecular complexity index is 1630. The molecular weight excluding hydrogens is 499 g/mol. The summed E-state index contributed by atoms with van der Waals surface area (Å²) in [5.74, 6) is -1.25. The lowest BCUT2D eigenvalue weighted by Gasteiger charge is -2.38. The average Bonchev–Trinajstić information content (AvgIpc) is 3.17. The molecule has 1 aliphatic heterocycles. The summed E-state index contributed by atoms with van der Waals surface area (Å²) in [6.07, 6.45) is 5.74. The van der Waals surface area contributed by atoms with Crippen molar-refractivity contribution >= 4 is 49.8 Å². The van der Waals surface area contributed by atoms with E-state index in [1.54, 1.807) is 25.4 Å². The molecule has 3 aromatic heterocycles.